The van der Waals surface area contributed by atoms with Gasteiger partial charge in [-0.15, -0.1) is 0 Å². The Morgan fingerprint density at radius 1 is 0.889 bits per heavy atom. The summed E-state index contributed by atoms with van der Waals surface area (Å²) in [6.45, 7) is 5.19. The number of H-pyrrole nitrogens is 1. The van der Waals surface area contributed by atoms with Crippen LogP contribution in [0.4, 0.5) is 4.39 Å². The van der Waals surface area contributed by atoms with Crippen LogP contribution in [0.1, 0.15) is 40.4 Å². The predicted molar refractivity (Wildman–Crippen MR) is 141 cm³/mol. The summed E-state index contributed by atoms with van der Waals surface area (Å²) in [5.41, 5.74) is 4.37. The summed E-state index contributed by atoms with van der Waals surface area (Å²) >= 11 is 0. The van der Waals surface area contributed by atoms with Crippen molar-refractivity contribution < 1.29 is 14.0 Å². The Morgan fingerprint density at radius 3 is 2.36 bits per heavy atom. The summed E-state index contributed by atoms with van der Waals surface area (Å²) in [6.07, 6.45) is 3.34. The maximum Gasteiger partial charge on any atom is 0.257 e. The maximum atomic E-state index is 14.3. The zero-order valence-corrected chi connectivity index (χ0v) is 20.8. The van der Waals surface area contributed by atoms with Gasteiger partial charge in [0.2, 0.25) is 5.91 Å². The fourth-order valence-electron chi connectivity index (χ4n) is 4.39. The number of benzene rings is 3. The molecule has 36 heavy (non-hydrogen) atoms. The fourth-order valence-corrected chi connectivity index (χ4v) is 4.39. The molecule has 4 aromatic rings. The lowest BCUT2D eigenvalue weighted by molar-refractivity contribution is -0.132. The number of aromatic nitrogens is 1. The molecule has 186 valence electrons. The van der Waals surface area contributed by atoms with E-state index in [9.17, 15) is 14.0 Å². The summed E-state index contributed by atoms with van der Waals surface area (Å²) in [4.78, 5) is 33.2. The van der Waals surface area contributed by atoms with E-state index in [4.69, 9.17) is 0 Å². The summed E-state index contributed by atoms with van der Waals surface area (Å²) in [7, 11) is 0. The molecule has 0 bridgehead atoms. The largest absolute Gasteiger partial charge is 0.361 e. The van der Waals surface area contributed by atoms with Crippen LogP contribution < -0.4 is 0 Å². The molecule has 0 spiro atoms. The van der Waals surface area contributed by atoms with Crippen molar-refractivity contribution in [2.45, 2.75) is 33.2 Å². The van der Waals surface area contributed by atoms with Crippen molar-refractivity contribution >= 4 is 22.7 Å². The van der Waals surface area contributed by atoms with E-state index >= 15 is 0 Å². The predicted octanol–water partition coefficient (Wildman–Crippen LogP) is 5.74. The third kappa shape index (κ3) is 6.00. The van der Waals surface area contributed by atoms with Crippen LogP contribution in [0.5, 0.6) is 0 Å². The number of aryl methyl sites for hydroxylation is 1. The number of aromatic amines is 1. The first kappa shape index (κ1) is 25.2. The maximum absolute atomic E-state index is 14.3. The van der Waals surface area contributed by atoms with Gasteiger partial charge in [0, 0.05) is 36.7 Å². The van der Waals surface area contributed by atoms with Crippen molar-refractivity contribution in [1.82, 2.24) is 14.8 Å². The summed E-state index contributed by atoms with van der Waals surface area (Å²) in [6, 6.07) is 22.1. The van der Waals surface area contributed by atoms with Crippen molar-refractivity contribution in [2.75, 3.05) is 19.6 Å². The van der Waals surface area contributed by atoms with Crippen LogP contribution in [0, 0.1) is 12.7 Å². The van der Waals surface area contributed by atoms with Gasteiger partial charge in [0.15, 0.2) is 0 Å². The van der Waals surface area contributed by atoms with Gasteiger partial charge in [-0.25, -0.2) is 4.39 Å². The minimum absolute atomic E-state index is 0.0115. The number of carbonyl (C=O) groups is 2. The highest BCUT2D eigenvalue weighted by Gasteiger charge is 2.24. The van der Waals surface area contributed by atoms with Crippen molar-refractivity contribution in [3.8, 4) is 0 Å². The molecule has 4 rings (SSSR count). The average molecular weight is 486 g/mol. The molecule has 0 saturated carbocycles. The molecule has 5 nitrogen and oxygen atoms in total. The van der Waals surface area contributed by atoms with Crippen molar-refractivity contribution in [2.24, 2.45) is 0 Å². The van der Waals surface area contributed by atoms with E-state index in [0.29, 0.717) is 32.5 Å². The molecule has 3 aromatic carbocycles. The highest BCUT2D eigenvalue weighted by Crippen LogP contribution is 2.19. The number of hydrogen-bond acceptors (Lipinski definition) is 2. The molecule has 0 atom stereocenters. The van der Waals surface area contributed by atoms with Crippen LogP contribution in [0.15, 0.2) is 79.0 Å². The lowest BCUT2D eigenvalue weighted by atomic mass is 10.1. The van der Waals surface area contributed by atoms with E-state index in [2.05, 4.69) is 11.1 Å². The van der Waals surface area contributed by atoms with Crippen molar-refractivity contribution in [1.29, 1.82) is 0 Å². The number of nitrogens with zero attached hydrogens (tertiary/aromatic N) is 2. The van der Waals surface area contributed by atoms with Crippen molar-refractivity contribution in [3.63, 3.8) is 0 Å². The molecule has 0 aliphatic heterocycles. The molecular formula is C30H32FN3O2. The zero-order valence-electron chi connectivity index (χ0n) is 20.8. The van der Waals surface area contributed by atoms with Crippen LogP contribution in [-0.2, 0) is 17.8 Å². The molecule has 2 amide bonds. The lowest BCUT2D eigenvalue weighted by Gasteiger charge is -2.28. The second-order valence-electron chi connectivity index (χ2n) is 9.12. The number of carbonyl (C=O) groups excluding carboxylic acids is 2. The minimum atomic E-state index is -0.577. The highest BCUT2D eigenvalue weighted by molar-refractivity contribution is 5.96. The number of rotatable bonds is 10. The molecule has 6 heteroatoms. The Hall–Kier alpha value is -3.93. The topological polar surface area (TPSA) is 56.4 Å². The van der Waals surface area contributed by atoms with Crippen molar-refractivity contribution in [3.05, 3.63) is 107 Å². The van der Waals surface area contributed by atoms with Crippen LogP contribution in [0.2, 0.25) is 0 Å². The summed E-state index contributed by atoms with van der Waals surface area (Å²) < 4.78 is 14.3. The number of halogens is 1. The van der Waals surface area contributed by atoms with Crippen LogP contribution in [-0.4, -0.2) is 46.2 Å². The standard InChI is InChI=1S/C30H32FN3O2/c1-3-17-34(30(36)26-9-4-6-10-27(26)31)21-29(35)33(20-23-14-12-22(2)13-15-23)18-16-24-19-32-28-11-7-5-8-25(24)28/h4-15,19,32H,3,16-18,20-21H2,1-2H3. The first-order valence-corrected chi connectivity index (χ1v) is 12.4. The van der Waals surface area contributed by atoms with Gasteiger partial charge in [-0.05, 0) is 49.1 Å². The van der Waals surface area contributed by atoms with E-state index in [0.717, 1.165) is 27.6 Å². The number of nitrogens with one attached hydrogen (secondary N) is 1. The molecule has 0 fully saturated rings. The second kappa shape index (κ2) is 11.7. The highest BCUT2D eigenvalue weighted by atomic mass is 19.1. The molecular weight excluding hydrogens is 453 g/mol. The lowest BCUT2D eigenvalue weighted by Crippen LogP contribution is -2.43. The average Bonchev–Trinajstić information content (AvgIpc) is 3.30. The third-order valence-corrected chi connectivity index (χ3v) is 6.38. The number of fused-ring (bicyclic) bond motifs is 1. The molecule has 1 aromatic heterocycles. The Bertz CT molecular complexity index is 1330. The van der Waals surface area contributed by atoms with E-state index in [1.807, 2.05) is 62.5 Å². The number of para-hydroxylation sites is 1. The quantitative estimate of drug-likeness (QED) is 0.311. The number of amides is 2. The van der Waals surface area contributed by atoms with Gasteiger partial charge in [-0.3, -0.25) is 9.59 Å². The van der Waals surface area contributed by atoms with Gasteiger partial charge in [0.1, 0.15) is 12.4 Å². The Morgan fingerprint density at radius 2 is 1.61 bits per heavy atom. The Balaban J connectivity index is 1.54. The molecule has 0 unspecified atom stereocenters. The molecule has 1 heterocycles. The first-order chi connectivity index (χ1) is 17.5. The van der Waals surface area contributed by atoms with Gasteiger partial charge in [0.05, 0.1) is 5.56 Å². The molecule has 0 aliphatic carbocycles. The minimum Gasteiger partial charge on any atom is -0.361 e. The van der Waals surface area contributed by atoms with Gasteiger partial charge in [0.25, 0.3) is 5.91 Å². The first-order valence-electron chi connectivity index (χ1n) is 12.4. The Labute approximate surface area is 211 Å². The van der Waals surface area contributed by atoms with Crippen LogP contribution >= 0.6 is 0 Å². The number of hydrogen-bond donors (Lipinski definition) is 1. The van der Waals surface area contributed by atoms with Gasteiger partial charge >= 0.3 is 0 Å². The van der Waals surface area contributed by atoms with E-state index in [-0.39, 0.29) is 18.0 Å². The SMILES string of the molecule is CCCN(CC(=O)N(CCc1c[nH]c2ccccc12)Cc1ccc(C)cc1)C(=O)c1ccccc1F. The van der Waals surface area contributed by atoms with E-state index in [1.54, 1.807) is 17.0 Å². The zero-order chi connectivity index (χ0) is 25.5. The summed E-state index contributed by atoms with van der Waals surface area (Å²) in [5.74, 6) is -1.20. The summed E-state index contributed by atoms with van der Waals surface area (Å²) in [5, 5.41) is 1.14. The van der Waals surface area contributed by atoms with Crippen LogP contribution in [0.25, 0.3) is 10.9 Å². The van der Waals surface area contributed by atoms with E-state index in [1.165, 1.54) is 17.0 Å². The third-order valence-electron chi connectivity index (χ3n) is 6.38. The van der Waals surface area contributed by atoms with Gasteiger partial charge in [-0.1, -0.05) is 67.1 Å². The van der Waals surface area contributed by atoms with E-state index < -0.39 is 11.7 Å². The second-order valence-corrected chi connectivity index (χ2v) is 9.12. The van der Waals surface area contributed by atoms with Crippen LogP contribution in [0.3, 0.4) is 0 Å². The monoisotopic (exact) mass is 485 g/mol. The normalized spacial score (nSPS) is 11.0. The smallest absolute Gasteiger partial charge is 0.257 e. The van der Waals surface area contributed by atoms with Gasteiger partial charge < -0.3 is 14.8 Å². The molecule has 0 radical (unpaired) electrons. The Kier molecular flexibility index (Phi) is 8.16. The molecule has 1 N–H and O–H groups in total. The molecule has 0 saturated heterocycles. The van der Waals surface area contributed by atoms with Gasteiger partial charge in [-0.2, -0.15) is 0 Å². The molecule has 0 aliphatic rings. The fraction of sp³-hybridized carbons (Fsp3) is 0.267.